The van der Waals surface area contributed by atoms with Crippen molar-refractivity contribution in [2.24, 2.45) is 5.16 Å². The number of oxime groups is 1. The van der Waals surface area contributed by atoms with Gasteiger partial charge in [-0.05, 0) is 52.9 Å². The molecular formula is C19H15N3O3S. The van der Waals surface area contributed by atoms with Crippen molar-refractivity contribution >= 4 is 24.5 Å². The van der Waals surface area contributed by atoms with Crippen LogP contribution in [0.1, 0.15) is 16.7 Å². The van der Waals surface area contributed by atoms with Crippen molar-refractivity contribution in [2.75, 3.05) is 0 Å². The smallest absolute Gasteiger partial charge is 0.270 e. The van der Waals surface area contributed by atoms with Gasteiger partial charge < -0.3 is 5.21 Å². The van der Waals surface area contributed by atoms with Gasteiger partial charge in [-0.2, -0.15) is 0 Å². The normalized spacial score (nSPS) is 11.0. The summed E-state index contributed by atoms with van der Waals surface area (Å²) >= 11 is 4.53. The lowest BCUT2D eigenvalue weighted by atomic mass is 9.96. The predicted molar refractivity (Wildman–Crippen MR) is 102 cm³/mol. The molecule has 130 valence electrons. The van der Waals surface area contributed by atoms with Crippen LogP contribution >= 0.6 is 12.6 Å². The SMILES string of the molecule is O=[N+]([O-])c1cccc(-c2cc(Cc3ccncc3)cc(C=NO)c2S)c1. The zero-order chi connectivity index (χ0) is 18.5. The van der Waals surface area contributed by atoms with Gasteiger partial charge in [-0.15, -0.1) is 12.6 Å². The highest BCUT2D eigenvalue weighted by Gasteiger charge is 2.13. The Hall–Kier alpha value is -3.19. The van der Waals surface area contributed by atoms with E-state index >= 15 is 0 Å². The fraction of sp³-hybridized carbons (Fsp3) is 0.0526. The number of pyridine rings is 1. The van der Waals surface area contributed by atoms with E-state index in [1.807, 2.05) is 24.3 Å². The second kappa shape index (κ2) is 7.79. The third kappa shape index (κ3) is 3.89. The van der Waals surface area contributed by atoms with Gasteiger partial charge in [-0.25, -0.2) is 0 Å². The van der Waals surface area contributed by atoms with Crippen LogP contribution in [0, 0.1) is 10.1 Å². The molecule has 1 N–H and O–H groups in total. The summed E-state index contributed by atoms with van der Waals surface area (Å²) in [5.74, 6) is 0. The van der Waals surface area contributed by atoms with Gasteiger partial charge in [0.2, 0.25) is 0 Å². The van der Waals surface area contributed by atoms with Gasteiger partial charge in [0, 0.05) is 35.0 Å². The van der Waals surface area contributed by atoms with Crippen molar-refractivity contribution in [1.29, 1.82) is 0 Å². The number of thiol groups is 1. The van der Waals surface area contributed by atoms with Gasteiger partial charge in [0.05, 0.1) is 11.1 Å². The van der Waals surface area contributed by atoms with Crippen LogP contribution in [-0.2, 0) is 6.42 Å². The van der Waals surface area contributed by atoms with Gasteiger partial charge in [-0.1, -0.05) is 17.3 Å². The van der Waals surface area contributed by atoms with Crippen LogP contribution in [0.4, 0.5) is 5.69 Å². The Morgan fingerprint density at radius 3 is 2.62 bits per heavy atom. The molecule has 0 unspecified atom stereocenters. The van der Waals surface area contributed by atoms with E-state index in [-0.39, 0.29) is 5.69 Å². The lowest BCUT2D eigenvalue weighted by Crippen LogP contribution is -1.96. The number of nitro groups is 1. The fourth-order valence-corrected chi connectivity index (χ4v) is 3.04. The van der Waals surface area contributed by atoms with Crippen LogP contribution in [-0.4, -0.2) is 21.3 Å². The molecule has 2 aromatic carbocycles. The summed E-state index contributed by atoms with van der Waals surface area (Å²) in [6, 6.07) is 14.0. The lowest BCUT2D eigenvalue weighted by Gasteiger charge is -2.12. The Bertz CT molecular complexity index is 975. The Kier molecular flexibility index (Phi) is 5.28. The van der Waals surface area contributed by atoms with E-state index in [0.717, 1.165) is 16.7 Å². The topological polar surface area (TPSA) is 88.6 Å². The highest BCUT2D eigenvalue weighted by molar-refractivity contribution is 7.80. The third-order valence-corrected chi connectivity index (χ3v) is 4.42. The zero-order valence-electron chi connectivity index (χ0n) is 13.6. The third-order valence-electron chi connectivity index (χ3n) is 3.92. The first-order valence-corrected chi connectivity index (χ1v) is 8.20. The summed E-state index contributed by atoms with van der Waals surface area (Å²) < 4.78 is 0. The first kappa shape index (κ1) is 17.6. The molecule has 1 heterocycles. The maximum atomic E-state index is 11.1. The number of hydrogen-bond donors (Lipinski definition) is 2. The molecule has 7 heteroatoms. The van der Waals surface area contributed by atoms with Crippen molar-refractivity contribution in [2.45, 2.75) is 11.3 Å². The number of aromatic nitrogens is 1. The van der Waals surface area contributed by atoms with E-state index in [9.17, 15) is 10.1 Å². The van der Waals surface area contributed by atoms with Crippen molar-refractivity contribution in [1.82, 2.24) is 4.98 Å². The van der Waals surface area contributed by atoms with Gasteiger partial charge in [0.1, 0.15) is 0 Å². The summed E-state index contributed by atoms with van der Waals surface area (Å²) in [6.45, 7) is 0. The number of nitrogens with zero attached hydrogens (tertiary/aromatic N) is 3. The largest absolute Gasteiger partial charge is 0.411 e. The molecule has 0 radical (unpaired) electrons. The van der Waals surface area contributed by atoms with E-state index in [1.54, 1.807) is 24.5 Å². The molecule has 26 heavy (non-hydrogen) atoms. The van der Waals surface area contributed by atoms with Gasteiger partial charge in [-0.3, -0.25) is 15.1 Å². The summed E-state index contributed by atoms with van der Waals surface area (Å²) in [6.07, 6.45) is 5.39. The Morgan fingerprint density at radius 1 is 1.15 bits per heavy atom. The average molecular weight is 365 g/mol. The number of non-ortho nitro benzene ring substituents is 1. The minimum Gasteiger partial charge on any atom is -0.411 e. The molecule has 0 aliphatic carbocycles. The predicted octanol–water partition coefficient (Wildman–Crippen LogP) is 4.34. The summed E-state index contributed by atoms with van der Waals surface area (Å²) in [5, 5.41) is 23.1. The molecule has 0 fully saturated rings. The molecule has 0 spiro atoms. The summed E-state index contributed by atoms with van der Waals surface area (Å²) in [7, 11) is 0. The Balaban J connectivity index is 2.11. The van der Waals surface area contributed by atoms with Crippen LogP contribution in [0.5, 0.6) is 0 Å². The first-order valence-electron chi connectivity index (χ1n) is 7.75. The summed E-state index contributed by atoms with van der Waals surface area (Å²) in [4.78, 5) is 15.2. The van der Waals surface area contributed by atoms with Crippen LogP contribution in [0.3, 0.4) is 0 Å². The van der Waals surface area contributed by atoms with Crippen molar-refractivity contribution in [3.8, 4) is 11.1 Å². The first-order chi connectivity index (χ1) is 12.6. The molecule has 0 amide bonds. The monoisotopic (exact) mass is 365 g/mol. The molecule has 3 aromatic rings. The standard InChI is InChI=1S/C19H15N3O3S/c23-21-12-16-9-14(8-13-4-6-20-7-5-13)10-18(19(16)26)15-2-1-3-17(11-15)22(24)25/h1-7,9-12,23,26H,8H2. The van der Waals surface area contributed by atoms with Crippen molar-refractivity contribution in [3.63, 3.8) is 0 Å². The molecule has 1 aromatic heterocycles. The van der Waals surface area contributed by atoms with Crippen LogP contribution in [0.15, 0.2) is 71.0 Å². The average Bonchev–Trinajstić information content (AvgIpc) is 2.65. The number of nitro benzene ring substituents is 1. The Labute approximate surface area is 155 Å². The molecule has 3 rings (SSSR count). The van der Waals surface area contributed by atoms with E-state index in [2.05, 4.69) is 22.8 Å². The van der Waals surface area contributed by atoms with Crippen molar-refractivity contribution in [3.05, 3.63) is 87.7 Å². The molecule has 0 aliphatic rings. The maximum Gasteiger partial charge on any atom is 0.270 e. The second-order valence-corrected chi connectivity index (χ2v) is 6.11. The maximum absolute atomic E-state index is 11.1. The number of hydrogen-bond acceptors (Lipinski definition) is 6. The van der Waals surface area contributed by atoms with E-state index in [4.69, 9.17) is 5.21 Å². The van der Waals surface area contributed by atoms with Crippen molar-refractivity contribution < 1.29 is 10.1 Å². The van der Waals surface area contributed by atoms with Gasteiger partial charge >= 0.3 is 0 Å². The highest BCUT2D eigenvalue weighted by atomic mass is 32.1. The molecular weight excluding hydrogens is 350 g/mol. The quantitative estimate of drug-likeness (QED) is 0.231. The van der Waals surface area contributed by atoms with Crippen LogP contribution in [0.25, 0.3) is 11.1 Å². The molecule has 0 aliphatic heterocycles. The molecule has 0 saturated heterocycles. The molecule has 0 bridgehead atoms. The van der Waals surface area contributed by atoms with Crippen LogP contribution in [0.2, 0.25) is 0 Å². The molecule has 0 atom stereocenters. The molecule has 6 nitrogen and oxygen atoms in total. The van der Waals surface area contributed by atoms with Crippen LogP contribution < -0.4 is 0 Å². The summed E-state index contributed by atoms with van der Waals surface area (Å²) in [5.41, 5.74) is 4.08. The zero-order valence-corrected chi connectivity index (χ0v) is 14.5. The second-order valence-electron chi connectivity index (χ2n) is 5.67. The van der Waals surface area contributed by atoms with Gasteiger partial charge in [0.25, 0.3) is 5.69 Å². The lowest BCUT2D eigenvalue weighted by molar-refractivity contribution is -0.384. The Morgan fingerprint density at radius 2 is 1.92 bits per heavy atom. The highest BCUT2D eigenvalue weighted by Crippen LogP contribution is 2.33. The minimum absolute atomic E-state index is 0.00662. The van der Waals surface area contributed by atoms with E-state index < -0.39 is 4.92 Å². The number of rotatable bonds is 5. The van der Waals surface area contributed by atoms with E-state index in [0.29, 0.717) is 22.4 Å². The van der Waals surface area contributed by atoms with E-state index in [1.165, 1.54) is 18.3 Å². The number of benzene rings is 2. The fourth-order valence-electron chi connectivity index (χ4n) is 2.73. The minimum atomic E-state index is -0.432. The van der Waals surface area contributed by atoms with Gasteiger partial charge in [0.15, 0.2) is 0 Å². The molecule has 0 saturated carbocycles.